The van der Waals surface area contributed by atoms with Crippen LogP contribution in [0.15, 0.2) is 60.7 Å². The lowest BCUT2D eigenvalue weighted by atomic mass is 10.1. The summed E-state index contributed by atoms with van der Waals surface area (Å²) in [5, 5.41) is 6.33. The van der Waals surface area contributed by atoms with Gasteiger partial charge >= 0.3 is 0 Å². The minimum Gasteiger partial charge on any atom is -0.494 e. The Labute approximate surface area is 221 Å². The number of hydrogen-bond acceptors (Lipinski definition) is 3. The second-order valence-electron chi connectivity index (χ2n) is 7.65. The van der Waals surface area contributed by atoms with E-state index in [4.69, 9.17) is 62.7 Å². The van der Waals surface area contributed by atoms with Crippen molar-refractivity contribution in [2.45, 2.75) is 10.3 Å². The summed E-state index contributed by atoms with van der Waals surface area (Å²) in [6.07, 6.45) is 0. The van der Waals surface area contributed by atoms with Crippen LogP contribution in [0.1, 0.15) is 21.8 Å². The van der Waals surface area contributed by atoms with Gasteiger partial charge < -0.3 is 15.4 Å². The van der Waals surface area contributed by atoms with E-state index in [1.54, 1.807) is 42.5 Å². The smallest absolute Gasteiger partial charge is 0.257 e. The average Bonchev–Trinajstić information content (AvgIpc) is 3.37. The molecule has 34 heavy (non-hydrogen) atoms. The first kappa shape index (κ1) is 25.0. The maximum absolute atomic E-state index is 13.0. The predicted molar refractivity (Wildman–Crippen MR) is 138 cm³/mol. The first-order valence-corrected chi connectivity index (χ1v) is 11.9. The monoisotopic (exact) mass is 556 g/mol. The fourth-order valence-electron chi connectivity index (χ4n) is 3.74. The first-order chi connectivity index (χ1) is 16.1. The first-order valence-electron chi connectivity index (χ1n) is 10.0. The molecular formula is C24H17Cl5N2O3. The van der Waals surface area contributed by atoms with Gasteiger partial charge in [-0.15, -0.1) is 23.2 Å². The van der Waals surface area contributed by atoms with Crippen molar-refractivity contribution in [1.29, 1.82) is 0 Å². The standard InChI is InChI=1S/C24H17Cl5N2O3/c1-34-21-17(26)9-12(10-18(21)27)19-20(24(19,28)29)23(33)31-14-7-8-16(25)15(11-14)22(32)30-13-5-3-2-4-6-13/h2-11,19-20H,1H3,(H,30,32)(H,31,33). The Kier molecular flexibility index (Phi) is 7.22. The Morgan fingerprint density at radius 1 is 0.853 bits per heavy atom. The molecule has 3 aromatic carbocycles. The number of ether oxygens (including phenoxy) is 1. The molecule has 0 bridgehead atoms. The highest BCUT2D eigenvalue weighted by Crippen LogP contribution is 2.65. The molecule has 1 saturated carbocycles. The number of methoxy groups -OCH3 is 1. The molecule has 2 amide bonds. The lowest BCUT2D eigenvalue weighted by Gasteiger charge is -2.10. The minimum atomic E-state index is -1.36. The average molecular weight is 559 g/mol. The summed E-state index contributed by atoms with van der Waals surface area (Å²) in [5.41, 5.74) is 1.80. The van der Waals surface area contributed by atoms with Crippen molar-refractivity contribution < 1.29 is 14.3 Å². The fourth-order valence-corrected chi connectivity index (χ4v) is 5.43. The van der Waals surface area contributed by atoms with Crippen LogP contribution >= 0.6 is 58.0 Å². The van der Waals surface area contributed by atoms with Crippen molar-refractivity contribution in [3.05, 3.63) is 86.9 Å². The topological polar surface area (TPSA) is 67.4 Å². The molecule has 0 aliphatic heterocycles. The van der Waals surface area contributed by atoms with Gasteiger partial charge in [-0.2, -0.15) is 0 Å². The molecular weight excluding hydrogens is 542 g/mol. The second kappa shape index (κ2) is 9.84. The Hall–Kier alpha value is -2.15. The summed E-state index contributed by atoms with van der Waals surface area (Å²) < 4.78 is 3.81. The molecule has 3 aromatic rings. The van der Waals surface area contributed by atoms with Crippen molar-refractivity contribution in [3.8, 4) is 5.75 Å². The number of hydrogen-bond donors (Lipinski definition) is 2. The van der Waals surface area contributed by atoms with Crippen LogP contribution in [-0.2, 0) is 4.79 Å². The molecule has 176 valence electrons. The predicted octanol–water partition coefficient (Wildman–Crippen LogP) is 7.43. The molecule has 2 atom stereocenters. The summed E-state index contributed by atoms with van der Waals surface area (Å²) in [7, 11) is 1.45. The molecule has 1 fully saturated rings. The summed E-state index contributed by atoms with van der Waals surface area (Å²) in [6.45, 7) is 0. The van der Waals surface area contributed by atoms with Gasteiger partial charge in [0.2, 0.25) is 5.91 Å². The molecule has 0 heterocycles. The van der Waals surface area contributed by atoms with Crippen LogP contribution in [0.4, 0.5) is 11.4 Å². The second-order valence-corrected chi connectivity index (χ2v) is 10.3. The van der Waals surface area contributed by atoms with Gasteiger partial charge in [-0.3, -0.25) is 9.59 Å². The third-order valence-electron chi connectivity index (χ3n) is 5.43. The van der Waals surface area contributed by atoms with Gasteiger partial charge in [0, 0.05) is 17.3 Å². The van der Waals surface area contributed by atoms with Crippen LogP contribution in [0.3, 0.4) is 0 Å². The van der Waals surface area contributed by atoms with E-state index in [0.29, 0.717) is 22.7 Å². The van der Waals surface area contributed by atoms with E-state index in [1.165, 1.54) is 19.2 Å². The van der Waals surface area contributed by atoms with Gasteiger partial charge in [0.1, 0.15) is 4.33 Å². The van der Waals surface area contributed by atoms with Gasteiger partial charge in [0.15, 0.2) is 5.75 Å². The molecule has 2 unspecified atom stereocenters. The molecule has 0 saturated heterocycles. The molecule has 0 aromatic heterocycles. The number of alkyl halides is 2. The molecule has 1 aliphatic carbocycles. The van der Waals surface area contributed by atoms with Crippen molar-refractivity contribution in [1.82, 2.24) is 0 Å². The van der Waals surface area contributed by atoms with Crippen molar-refractivity contribution >= 4 is 81.2 Å². The van der Waals surface area contributed by atoms with Crippen LogP contribution in [-0.4, -0.2) is 23.3 Å². The largest absolute Gasteiger partial charge is 0.494 e. The molecule has 1 aliphatic rings. The number of anilines is 2. The maximum Gasteiger partial charge on any atom is 0.257 e. The van der Waals surface area contributed by atoms with E-state index in [2.05, 4.69) is 10.6 Å². The van der Waals surface area contributed by atoms with Crippen LogP contribution in [0.2, 0.25) is 15.1 Å². The third-order valence-corrected chi connectivity index (χ3v) is 7.26. The SMILES string of the molecule is COc1c(Cl)cc(C2C(C(=O)Nc3ccc(Cl)c(C(=O)Nc4ccccc4)c3)C2(Cl)Cl)cc1Cl. The number of rotatable bonds is 6. The zero-order valence-corrected chi connectivity index (χ0v) is 21.3. The van der Waals surface area contributed by atoms with Crippen LogP contribution in [0.5, 0.6) is 5.75 Å². The number of carbonyl (C=O) groups excluding carboxylic acids is 2. The molecule has 10 heteroatoms. The van der Waals surface area contributed by atoms with Crippen molar-refractivity contribution in [2.24, 2.45) is 5.92 Å². The lowest BCUT2D eigenvalue weighted by Crippen LogP contribution is -2.18. The Morgan fingerprint density at radius 2 is 1.50 bits per heavy atom. The Balaban J connectivity index is 1.52. The van der Waals surface area contributed by atoms with E-state index in [-0.39, 0.29) is 20.6 Å². The number of nitrogens with one attached hydrogen (secondary N) is 2. The molecule has 0 radical (unpaired) electrons. The van der Waals surface area contributed by atoms with E-state index >= 15 is 0 Å². The van der Waals surface area contributed by atoms with Gasteiger partial charge in [0.05, 0.1) is 33.7 Å². The molecule has 2 N–H and O–H groups in total. The van der Waals surface area contributed by atoms with Gasteiger partial charge in [-0.05, 0) is 48.0 Å². The highest BCUT2D eigenvalue weighted by Gasteiger charge is 2.67. The van der Waals surface area contributed by atoms with Gasteiger partial charge in [-0.1, -0.05) is 53.0 Å². The number of benzene rings is 3. The number of amides is 2. The number of halogens is 5. The molecule has 4 rings (SSSR count). The Bertz CT molecular complexity index is 1240. The van der Waals surface area contributed by atoms with E-state index in [9.17, 15) is 9.59 Å². The summed E-state index contributed by atoms with van der Waals surface area (Å²) in [4.78, 5) is 25.7. The normalized spacial score (nSPS) is 18.2. The minimum absolute atomic E-state index is 0.201. The van der Waals surface area contributed by atoms with Crippen LogP contribution < -0.4 is 15.4 Å². The van der Waals surface area contributed by atoms with Gasteiger partial charge in [0.25, 0.3) is 5.91 Å². The summed E-state index contributed by atoms with van der Waals surface area (Å²) >= 11 is 31.6. The van der Waals surface area contributed by atoms with E-state index < -0.39 is 28.0 Å². The zero-order valence-electron chi connectivity index (χ0n) is 17.5. The highest BCUT2D eigenvalue weighted by molar-refractivity contribution is 6.53. The van der Waals surface area contributed by atoms with E-state index in [1.807, 2.05) is 6.07 Å². The van der Waals surface area contributed by atoms with Crippen molar-refractivity contribution in [2.75, 3.05) is 17.7 Å². The summed E-state index contributed by atoms with van der Waals surface area (Å²) in [6, 6.07) is 16.8. The molecule has 5 nitrogen and oxygen atoms in total. The highest BCUT2D eigenvalue weighted by atomic mass is 35.5. The third kappa shape index (κ3) is 4.95. The van der Waals surface area contributed by atoms with Crippen LogP contribution in [0.25, 0.3) is 0 Å². The van der Waals surface area contributed by atoms with E-state index in [0.717, 1.165) is 0 Å². The van der Waals surface area contributed by atoms with Gasteiger partial charge in [-0.25, -0.2) is 0 Å². The molecule has 0 spiro atoms. The summed E-state index contributed by atoms with van der Waals surface area (Å²) in [5.74, 6) is -1.82. The number of carbonyl (C=O) groups is 2. The number of para-hydroxylation sites is 1. The Morgan fingerprint density at radius 3 is 2.12 bits per heavy atom. The quantitative estimate of drug-likeness (QED) is 0.309. The fraction of sp³-hybridized carbons (Fsp3) is 0.167. The zero-order chi connectivity index (χ0) is 24.6. The lowest BCUT2D eigenvalue weighted by molar-refractivity contribution is -0.117. The maximum atomic E-state index is 13.0. The van der Waals surface area contributed by atoms with Crippen LogP contribution in [0, 0.1) is 5.92 Å². The van der Waals surface area contributed by atoms with Crippen molar-refractivity contribution in [3.63, 3.8) is 0 Å².